The minimum absolute atomic E-state index is 0.0370. The summed E-state index contributed by atoms with van der Waals surface area (Å²) >= 11 is 1.20. The van der Waals surface area contributed by atoms with Crippen LogP contribution in [0.1, 0.15) is 72.1 Å². The maximum Gasteiger partial charge on any atom is 0.286 e. The highest BCUT2D eigenvalue weighted by atomic mass is 32.2. The molecule has 110 valence electrons. The van der Waals surface area contributed by atoms with Gasteiger partial charge in [0.2, 0.25) is 5.91 Å². The van der Waals surface area contributed by atoms with Gasteiger partial charge in [-0.1, -0.05) is 71.1 Å². The molecule has 0 bridgehead atoms. The Bertz CT molecular complexity index is 319. The maximum atomic E-state index is 11.9. The molecule has 1 rings (SSSR count). The van der Waals surface area contributed by atoms with E-state index < -0.39 is 0 Å². The van der Waals surface area contributed by atoms with Crippen LogP contribution in [0, 0.1) is 5.41 Å². The van der Waals surface area contributed by atoms with Crippen LogP contribution in [-0.4, -0.2) is 16.4 Å². The molecule has 1 heterocycles. The van der Waals surface area contributed by atoms with Crippen molar-refractivity contribution in [2.45, 2.75) is 77.4 Å². The number of hydrogen-bond acceptors (Lipinski definition) is 3. The lowest BCUT2D eigenvalue weighted by Crippen LogP contribution is -2.37. The quantitative estimate of drug-likeness (QED) is 0.634. The summed E-state index contributed by atoms with van der Waals surface area (Å²) in [5.74, 6) is -0.0795. The predicted octanol–water partition coefficient (Wildman–Crippen LogP) is 4.50. The molecule has 4 heteroatoms. The third kappa shape index (κ3) is 4.83. The van der Waals surface area contributed by atoms with Crippen LogP contribution < -0.4 is 5.32 Å². The normalized spacial score (nSPS) is 22.4. The van der Waals surface area contributed by atoms with E-state index in [-0.39, 0.29) is 21.8 Å². The monoisotopic (exact) mass is 285 g/mol. The molecule has 0 aliphatic carbocycles. The van der Waals surface area contributed by atoms with Crippen LogP contribution in [0.25, 0.3) is 0 Å². The minimum Gasteiger partial charge on any atom is -0.286 e. The van der Waals surface area contributed by atoms with E-state index in [2.05, 4.69) is 26.1 Å². The van der Waals surface area contributed by atoms with Crippen LogP contribution in [0.3, 0.4) is 0 Å². The van der Waals surface area contributed by atoms with E-state index in [1.807, 2.05) is 0 Å². The van der Waals surface area contributed by atoms with Crippen molar-refractivity contribution in [3.05, 3.63) is 0 Å². The largest absolute Gasteiger partial charge is 0.286 e. The number of thioether (sulfide) groups is 1. The van der Waals surface area contributed by atoms with Gasteiger partial charge in [0.1, 0.15) is 0 Å². The van der Waals surface area contributed by atoms with Gasteiger partial charge in [-0.05, 0) is 18.3 Å². The van der Waals surface area contributed by atoms with Gasteiger partial charge in [0, 0.05) is 0 Å². The zero-order valence-corrected chi connectivity index (χ0v) is 13.3. The van der Waals surface area contributed by atoms with Crippen molar-refractivity contribution in [3.8, 4) is 0 Å². The first kappa shape index (κ1) is 16.5. The van der Waals surface area contributed by atoms with Gasteiger partial charge in [-0.2, -0.15) is 0 Å². The Morgan fingerprint density at radius 3 is 2.21 bits per heavy atom. The Labute approximate surface area is 121 Å². The lowest BCUT2D eigenvalue weighted by atomic mass is 9.76. The first-order valence-electron chi connectivity index (χ1n) is 7.55. The molecule has 2 unspecified atom stereocenters. The van der Waals surface area contributed by atoms with E-state index in [1.54, 1.807) is 0 Å². The first-order chi connectivity index (χ1) is 9.03. The average molecular weight is 285 g/mol. The molecule has 0 spiro atoms. The summed E-state index contributed by atoms with van der Waals surface area (Å²) in [6.07, 6.45) is 9.22. The first-order valence-corrected chi connectivity index (χ1v) is 8.43. The Morgan fingerprint density at radius 2 is 1.68 bits per heavy atom. The predicted molar refractivity (Wildman–Crippen MR) is 81.3 cm³/mol. The molecule has 1 fully saturated rings. The van der Waals surface area contributed by atoms with Gasteiger partial charge < -0.3 is 0 Å². The summed E-state index contributed by atoms with van der Waals surface area (Å²) in [6.45, 7) is 6.56. The number of carbonyl (C=O) groups is 2. The summed E-state index contributed by atoms with van der Waals surface area (Å²) in [5.41, 5.74) is -0.0370. The lowest BCUT2D eigenvalue weighted by Gasteiger charge is -2.33. The van der Waals surface area contributed by atoms with Crippen LogP contribution in [0.15, 0.2) is 0 Å². The summed E-state index contributed by atoms with van der Waals surface area (Å²) in [4.78, 5) is 23.3. The van der Waals surface area contributed by atoms with E-state index in [4.69, 9.17) is 0 Å². The van der Waals surface area contributed by atoms with Crippen LogP contribution in [-0.2, 0) is 4.79 Å². The molecule has 2 amide bonds. The topological polar surface area (TPSA) is 46.2 Å². The van der Waals surface area contributed by atoms with Crippen LogP contribution in [0.4, 0.5) is 4.79 Å². The van der Waals surface area contributed by atoms with Crippen molar-refractivity contribution in [3.63, 3.8) is 0 Å². The number of amides is 2. The summed E-state index contributed by atoms with van der Waals surface area (Å²) in [6, 6.07) is 0. The molecular weight excluding hydrogens is 258 g/mol. The van der Waals surface area contributed by atoms with Crippen molar-refractivity contribution < 1.29 is 9.59 Å². The molecule has 0 aromatic heterocycles. The average Bonchev–Trinajstić information content (AvgIpc) is 2.72. The SMILES string of the molecule is CCCCCCC(C)(CCCC)C1SC(=O)NC1=O. The molecule has 0 aromatic rings. The van der Waals surface area contributed by atoms with E-state index in [0.29, 0.717) is 0 Å². The van der Waals surface area contributed by atoms with Gasteiger partial charge in [0.05, 0.1) is 5.25 Å². The Balaban J connectivity index is 2.63. The van der Waals surface area contributed by atoms with Gasteiger partial charge >= 0.3 is 0 Å². The number of imide groups is 1. The van der Waals surface area contributed by atoms with Crippen molar-refractivity contribution in [2.75, 3.05) is 0 Å². The molecular formula is C15H27NO2S. The fraction of sp³-hybridized carbons (Fsp3) is 0.867. The standard InChI is InChI=1S/C15H27NO2S/c1-4-6-8-9-11-15(3,10-7-5-2)12-13(17)16-14(18)19-12/h12H,4-11H2,1-3H3,(H,16,17,18). The Kier molecular flexibility index (Phi) is 6.90. The minimum atomic E-state index is -0.187. The van der Waals surface area contributed by atoms with E-state index in [0.717, 1.165) is 32.1 Å². The molecule has 19 heavy (non-hydrogen) atoms. The van der Waals surface area contributed by atoms with Crippen molar-refractivity contribution in [1.29, 1.82) is 0 Å². The second-order valence-electron chi connectivity index (χ2n) is 5.84. The fourth-order valence-electron chi connectivity index (χ4n) is 2.74. The molecule has 2 atom stereocenters. The molecule has 1 saturated heterocycles. The number of carbonyl (C=O) groups excluding carboxylic acids is 2. The molecule has 1 aliphatic heterocycles. The van der Waals surface area contributed by atoms with Crippen molar-refractivity contribution >= 4 is 22.9 Å². The van der Waals surface area contributed by atoms with E-state index in [1.165, 1.54) is 31.0 Å². The molecule has 0 saturated carbocycles. The molecule has 0 aromatic carbocycles. The zero-order valence-electron chi connectivity index (χ0n) is 12.5. The zero-order chi connectivity index (χ0) is 14.3. The third-order valence-electron chi connectivity index (χ3n) is 4.02. The highest BCUT2D eigenvalue weighted by Gasteiger charge is 2.44. The van der Waals surface area contributed by atoms with Crippen molar-refractivity contribution in [1.82, 2.24) is 5.32 Å². The molecule has 1 aliphatic rings. The lowest BCUT2D eigenvalue weighted by molar-refractivity contribution is -0.121. The second-order valence-corrected chi connectivity index (χ2v) is 6.92. The van der Waals surface area contributed by atoms with E-state index in [9.17, 15) is 9.59 Å². The highest BCUT2D eigenvalue weighted by molar-refractivity contribution is 8.15. The fourth-order valence-corrected chi connectivity index (χ4v) is 3.80. The van der Waals surface area contributed by atoms with Crippen LogP contribution >= 0.6 is 11.8 Å². The molecule has 3 nitrogen and oxygen atoms in total. The summed E-state index contributed by atoms with van der Waals surface area (Å²) in [5, 5.41) is 2.07. The van der Waals surface area contributed by atoms with Gasteiger partial charge in [0.15, 0.2) is 0 Å². The van der Waals surface area contributed by atoms with Crippen LogP contribution in [0.2, 0.25) is 0 Å². The summed E-state index contributed by atoms with van der Waals surface area (Å²) < 4.78 is 0. The molecule has 0 radical (unpaired) electrons. The van der Waals surface area contributed by atoms with E-state index >= 15 is 0 Å². The maximum absolute atomic E-state index is 11.9. The number of hydrogen-bond donors (Lipinski definition) is 1. The Morgan fingerprint density at radius 1 is 1.05 bits per heavy atom. The van der Waals surface area contributed by atoms with Gasteiger partial charge in [-0.15, -0.1) is 0 Å². The van der Waals surface area contributed by atoms with Gasteiger partial charge in [0.25, 0.3) is 5.24 Å². The Hall–Kier alpha value is -0.510. The smallest absolute Gasteiger partial charge is 0.286 e. The van der Waals surface area contributed by atoms with Crippen LogP contribution in [0.5, 0.6) is 0 Å². The number of rotatable bonds is 9. The number of unbranched alkanes of at least 4 members (excludes halogenated alkanes) is 4. The van der Waals surface area contributed by atoms with Gasteiger partial charge in [-0.25, -0.2) is 0 Å². The van der Waals surface area contributed by atoms with Crippen molar-refractivity contribution in [2.24, 2.45) is 5.41 Å². The summed E-state index contributed by atoms with van der Waals surface area (Å²) in [7, 11) is 0. The molecule has 1 N–H and O–H groups in total. The number of nitrogens with one attached hydrogen (secondary N) is 1. The second kappa shape index (κ2) is 7.93. The third-order valence-corrected chi connectivity index (χ3v) is 5.36. The highest BCUT2D eigenvalue weighted by Crippen LogP contribution is 2.43. The van der Waals surface area contributed by atoms with Gasteiger partial charge in [-0.3, -0.25) is 14.9 Å².